The van der Waals surface area contributed by atoms with Crippen LogP contribution < -0.4 is 5.73 Å². The van der Waals surface area contributed by atoms with Gasteiger partial charge in [-0.05, 0) is 51.3 Å². The summed E-state index contributed by atoms with van der Waals surface area (Å²) in [7, 11) is 1.92. The average molecular weight is 263 g/mol. The maximum atomic E-state index is 12.6. The summed E-state index contributed by atoms with van der Waals surface area (Å²) in [5, 5.41) is 0. The van der Waals surface area contributed by atoms with Crippen LogP contribution in [0.4, 0.5) is 0 Å². The van der Waals surface area contributed by atoms with Gasteiger partial charge in [-0.3, -0.25) is 4.79 Å². The highest BCUT2D eigenvalue weighted by atomic mass is 16.2. The monoisotopic (exact) mass is 263 g/mol. The van der Waals surface area contributed by atoms with E-state index in [2.05, 4.69) is 13.8 Å². The van der Waals surface area contributed by atoms with Crippen LogP contribution in [0.15, 0.2) is 18.3 Å². The molecule has 1 aromatic rings. The average Bonchev–Trinajstić information content (AvgIpc) is 3.04. The van der Waals surface area contributed by atoms with Crippen LogP contribution in [0.25, 0.3) is 0 Å². The highest BCUT2D eigenvalue weighted by molar-refractivity contribution is 5.93. The summed E-state index contributed by atoms with van der Waals surface area (Å²) in [6.45, 7) is 4.86. The van der Waals surface area contributed by atoms with Crippen LogP contribution in [0.1, 0.15) is 49.6 Å². The first-order valence-electron chi connectivity index (χ1n) is 7.20. The summed E-state index contributed by atoms with van der Waals surface area (Å²) >= 11 is 0. The number of carbonyl (C=O) groups excluding carboxylic acids is 1. The van der Waals surface area contributed by atoms with Crippen molar-refractivity contribution in [1.29, 1.82) is 0 Å². The van der Waals surface area contributed by atoms with Crippen LogP contribution in [-0.4, -0.2) is 35.0 Å². The van der Waals surface area contributed by atoms with E-state index in [1.54, 1.807) is 0 Å². The number of nitrogens with zero attached hydrogens (tertiary/aromatic N) is 2. The van der Waals surface area contributed by atoms with E-state index in [-0.39, 0.29) is 5.91 Å². The van der Waals surface area contributed by atoms with Gasteiger partial charge in [0, 0.05) is 25.3 Å². The minimum Gasteiger partial charge on any atom is -0.341 e. The smallest absolute Gasteiger partial charge is 0.270 e. The number of amides is 1. The highest BCUT2D eigenvalue weighted by Crippen LogP contribution is 2.29. The van der Waals surface area contributed by atoms with Crippen LogP contribution in [-0.2, 0) is 0 Å². The Kier molecular flexibility index (Phi) is 4.30. The third-order valence-electron chi connectivity index (χ3n) is 4.29. The first-order chi connectivity index (χ1) is 9.06. The Morgan fingerprint density at radius 2 is 2.26 bits per heavy atom. The van der Waals surface area contributed by atoms with E-state index in [0.29, 0.717) is 24.5 Å². The fraction of sp³-hybridized carbons (Fsp3) is 0.667. The van der Waals surface area contributed by atoms with E-state index >= 15 is 0 Å². The second kappa shape index (κ2) is 5.78. The molecule has 2 atom stereocenters. The van der Waals surface area contributed by atoms with Crippen molar-refractivity contribution in [3.05, 3.63) is 24.0 Å². The molecule has 0 radical (unpaired) electrons. The summed E-state index contributed by atoms with van der Waals surface area (Å²) in [6, 6.07) is 4.45. The fourth-order valence-corrected chi connectivity index (χ4v) is 3.16. The van der Waals surface area contributed by atoms with Crippen molar-refractivity contribution in [2.75, 3.05) is 13.6 Å². The molecule has 2 N–H and O–H groups in total. The zero-order chi connectivity index (χ0) is 14.0. The predicted octanol–water partition coefficient (Wildman–Crippen LogP) is 2.27. The SMILES string of the molecule is CC(C)n1cccc1C(=O)N(C)C1CCCC1CN. The van der Waals surface area contributed by atoms with E-state index in [9.17, 15) is 4.79 Å². The highest BCUT2D eigenvalue weighted by Gasteiger charge is 2.32. The molecule has 0 aliphatic heterocycles. The van der Waals surface area contributed by atoms with E-state index in [0.717, 1.165) is 18.5 Å². The van der Waals surface area contributed by atoms with Gasteiger partial charge in [0.25, 0.3) is 5.91 Å². The Morgan fingerprint density at radius 1 is 1.53 bits per heavy atom. The van der Waals surface area contributed by atoms with E-state index < -0.39 is 0 Å². The van der Waals surface area contributed by atoms with E-state index in [1.807, 2.05) is 34.8 Å². The lowest BCUT2D eigenvalue weighted by molar-refractivity contribution is 0.0687. The Hall–Kier alpha value is -1.29. The third kappa shape index (κ3) is 2.68. The molecule has 0 spiro atoms. The topological polar surface area (TPSA) is 51.3 Å². The molecule has 1 heterocycles. The van der Waals surface area contributed by atoms with Gasteiger partial charge in [0.1, 0.15) is 5.69 Å². The molecule has 1 fully saturated rings. The molecule has 1 aromatic heterocycles. The number of hydrogen-bond acceptors (Lipinski definition) is 2. The van der Waals surface area contributed by atoms with E-state index in [4.69, 9.17) is 5.73 Å². The zero-order valence-electron chi connectivity index (χ0n) is 12.2. The molecule has 1 amide bonds. The van der Waals surface area contributed by atoms with E-state index in [1.165, 1.54) is 6.42 Å². The minimum absolute atomic E-state index is 0.115. The first-order valence-corrected chi connectivity index (χ1v) is 7.20. The Labute approximate surface area is 115 Å². The standard InChI is InChI=1S/C15H25N3O/c1-11(2)18-9-5-8-14(18)15(19)17(3)13-7-4-6-12(13)10-16/h5,8-9,11-13H,4,6-7,10,16H2,1-3H3. The van der Waals surface area contributed by atoms with Gasteiger partial charge in [0.05, 0.1) is 0 Å². The number of nitrogens with two attached hydrogens (primary N) is 1. The van der Waals surface area contributed by atoms with Gasteiger partial charge in [0.15, 0.2) is 0 Å². The van der Waals surface area contributed by atoms with Gasteiger partial charge in [-0.25, -0.2) is 0 Å². The summed E-state index contributed by atoms with van der Waals surface area (Å²) in [5.74, 6) is 0.570. The quantitative estimate of drug-likeness (QED) is 0.906. The summed E-state index contributed by atoms with van der Waals surface area (Å²) in [5.41, 5.74) is 6.59. The van der Waals surface area contributed by atoms with Gasteiger partial charge in [-0.2, -0.15) is 0 Å². The van der Waals surface area contributed by atoms with Crippen LogP contribution >= 0.6 is 0 Å². The molecule has 0 saturated heterocycles. The Bertz CT molecular complexity index is 438. The van der Waals surface area contributed by atoms with Gasteiger partial charge in [-0.15, -0.1) is 0 Å². The maximum Gasteiger partial charge on any atom is 0.270 e. The molecular formula is C15H25N3O. The van der Waals surface area contributed by atoms with Crippen LogP contribution in [0, 0.1) is 5.92 Å². The van der Waals surface area contributed by atoms with Crippen LogP contribution in [0.5, 0.6) is 0 Å². The van der Waals surface area contributed by atoms with Crippen molar-refractivity contribution in [3.8, 4) is 0 Å². The first kappa shape index (κ1) is 14.1. The lowest BCUT2D eigenvalue weighted by atomic mass is 10.0. The molecule has 2 unspecified atom stereocenters. The molecule has 2 rings (SSSR count). The summed E-state index contributed by atoms with van der Waals surface area (Å²) < 4.78 is 2.03. The zero-order valence-corrected chi connectivity index (χ0v) is 12.2. The van der Waals surface area contributed by atoms with Crippen molar-refractivity contribution in [1.82, 2.24) is 9.47 Å². The van der Waals surface area contributed by atoms with Gasteiger partial charge in [0.2, 0.25) is 0 Å². The molecule has 1 aliphatic carbocycles. The third-order valence-corrected chi connectivity index (χ3v) is 4.29. The molecule has 4 heteroatoms. The number of rotatable bonds is 4. The second-order valence-corrected chi connectivity index (χ2v) is 5.80. The summed E-state index contributed by atoms with van der Waals surface area (Å²) in [6.07, 6.45) is 5.37. The van der Waals surface area contributed by atoms with Crippen molar-refractivity contribution >= 4 is 5.91 Å². The normalized spacial score (nSPS) is 23.0. The molecular weight excluding hydrogens is 238 g/mol. The molecule has 1 aliphatic rings. The molecule has 0 aromatic carbocycles. The molecule has 4 nitrogen and oxygen atoms in total. The predicted molar refractivity (Wildman–Crippen MR) is 77.1 cm³/mol. The van der Waals surface area contributed by atoms with Crippen molar-refractivity contribution in [2.45, 2.75) is 45.2 Å². The lowest BCUT2D eigenvalue weighted by Crippen LogP contribution is -2.42. The molecule has 19 heavy (non-hydrogen) atoms. The van der Waals surface area contributed by atoms with Crippen molar-refractivity contribution < 1.29 is 4.79 Å². The van der Waals surface area contributed by atoms with Crippen molar-refractivity contribution in [2.24, 2.45) is 11.7 Å². The lowest BCUT2D eigenvalue weighted by Gasteiger charge is -2.29. The van der Waals surface area contributed by atoms with Crippen LogP contribution in [0.2, 0.25) is 0 Å². The fourth-order valence-electron chi connectivity index (χ4n) is 3.16. The molecule has 1 saturated carbocycles. The van der Waals surface area contributed by atoms with Crippen LogP contribution in [0.3, 0.4) is 0 Å². The summed E-state index contributed by atoms with van der Waals surface area (Å²) in [4.78, 5) is 14.5. The maximum absolute atomic E-state index is 12.6. The van der Waals surface area contributed by atoms with Crippen molar-refractivity contribution in [3.63, 3.8) is 0 Å². The number of aromatic nitrogens is 1. The largest absolute Gasteiger partial charge is 0.341 e. The molecule has 0 bridgehead atoms. The van der Waals surface area contributed by atoms with Gasteiger partial charge >= 0.3 is 0 Å². The van der Waals surface area contributed by atoms with Gasteiger partial charge < -0.3 is 15.2 Å². The number of hydrogen-bond donors (Lipinski definition) is 1. The Morgan fingerprint density at radius 3 is 2.89 bits per heavy atom. The van der Waals surface area contributed by atoms with Gasteiger partial charge in [-0.1, -0.05) is 6.42 Å². The Balaban J connectivity index is 2.17. The minimum atomic E-state index is 0.115. The number of carbonyl (C=O) groups is 1. The second-order valence-electron chi connectivity index (χ2n) is 5.80. The molecule has 106 valence electrons.